The Morgan fingerprint density at radius 1 is 1.39 bits per heavy atom. The maximum Gasteiger partial charge on any atom is 0.273 e. The second-order valence-electron chi connectivity index (χ2n) is 4.50. The van der Waals surface area contributed by atoms with Crippen molar-refractivity contribution in [2.75, 3.05) is 13.1 Å². The second-order valence-corrected chi connectivity index (χ2v) is 4.50. The van der Waals surface area contributed by atoms with Gasteiger partial charge in [-0.1, -0.05) is 0 Å². The first-order valence-corrected chi connectivity index (χ1v) is 5.98. The van der Waals surface area contributed by atoms with Crippen molar-refractivity contribution in [2.24, 2.45) is 0 Å². The molecule has 1 saturated heterocycles. The van der Waals surface area contributed by atoms with Crippen molar-refractivity contribution in [3.63, 3.8) is 0 Å². The molecule has 6 heteroatoms. The number of non-ortho nitro benzene ring substituents is 1. The Bertz CT molecular complexity index is 587. The molecule has 0 spiro atoms. The Kier molecular flexibility index (Phi) is 2.71. The third kappa shape index (κ3) is 2.06. The molecule has 0 aliphatic carbocycles. The summed E-state index contributed by atoms with van der Waals surface area (Å²) in [5.41, 5.74) is 1.19. The molecule has 0 radical (unpaired) electrons. The molecule has 2 heterocycles. The van der Waals surface area contributed by atoms with Gasteiger partial charge in [0.05, 0.1) is 17.5 Å². The monoisotopic (exact) mass is 247 g/mol. The number of nitro groups is 1. The van der Waals surface area contributed by atoms with Crippen molar-refractivity contribution < 1.29 is 9.34 Å². The quantitative estimate of drug-likeness (QED) is 0.614. The van der Waals surface area contributed by atoms with E-state index >= 15 is 0 Å². The van der Waals surface area contributed by atoms with E-state index in [1.54, 1.807) is 6.07 Å². The van der Waals surface area contributed by atoms with Gasteiger partial charge in [0, 0.05) is 6.07 Å². The smallest absolute Gasteiger partial charge is 0.273 e. The predicted octanol–water partition coefficient (Wildman–Crippen LogP) is 2.33. The maximum absolute atomic E-state index is 10.7. The van der Waals surface area contributed by atoms with Gasteiger partial charge in [-0.15, -0.1) is 0 Å². The van der Waals surface area contributed by atoms with Gasteiger partial charge in [0.25, 0.3) is 5.69 Å². The number of hydrogen-bond donors (Lipinski definition) is 0. The molecule has 0 unspecified atom stereocenters. The van der Waals surface area contributed by atoms with E-state index in [4.69, 9.17) is 4.42 Å². The van der Waals surface area contributed by atoms with Crippen molar-refractivity contribution in [3.05, 3.63) is 34.2 Å². The average Bonchev–Trinajstić information content (AvgIpc) is 2.96. The first-order valence-electron chi connectivity index (χ1n) is 5.98. The summed E-state index contributed by atoms with van der Waals surface area (Å²) in [6, 6.07) is 4.50. The van der Waals surface area contributed by atoms with Crippen LogP contribution >= 0.6 is 0 Å². The van der Waals surface area contributed by atoms with Gasteiger partial charge < -0.3 is 4.42 Å². The summed E-state index contributed by atoms with van der Waals surface area (Å²) in [5.74, 6) is 0.632. The Morgan fingerprint density at radius 2 is 2.17 bits per heavy atom. The van der Waals surface area contributed by atoms with Crippen molar-refractivity contribution >= 4 is 16.8 Å². The first-order chi connectivity index (χ1) is 8.72. The number of nitrogens with zero attached hydrogens (tertiary/aromatic N) is 3. The zero-order chi connectivity index (χ0) is 12.5. The normalized spacial score (nSPS) is 16.4. The highest BCUT2D eigenvalue weighted by atomic mass is 16.6. The number of rotatable bonds is 3. The van der Waals surface area contributed by atoms with Crippen LogP contribution in [-0.4, -0.2) is 27.9 Å². The fraction of sp³-hybridized carbons (Fsp3) is 0.417. The molecule has 6 nitrogen and oxygen atoms in total. The Balaban J connectivity index is 1.87. The minimum atomic E-state index is -0.428. The summed E-state index contributed by atoms with van der Waals surface area (Å²) in [4.78, 5) is 16.9. The SMILES string of the molecule is O=[N+]([O-])c1ccc2nc(CN3CCCC3)oc2c1. The Hall–Kier alpha value is -1.95. The molecule has 1 aliphatic rings. The number of nitro benzene ring substituents is 1. The van der Waals surface area contributed by atoms with Crippen LogP contribution in [0, 0.1) is 10.1 Å². The van der Waals surface area contributed by atoms with Gasteiger partial charge in [-0.05, 0) is 32.0 Å². The number of hydrogen-bond acceptors (Lipinski definition) is 5. The third-order valence-electron chi connectivity index (χ3n) is 3.18. The number of likely N-dealkylation sites (tertiary alicyclic amines) is 1. The van der Waals surface area contributed by atoms with E-state index in [0.29, 0.717) is 23.5 Å². The van der Waals surface area contributed by atoms with Crippen LogP contribution in [0.4, 0.5) is 5.69 Å². The summed E-state index contributed by atoms with van der Waals surface area (Å²) in [6.45, 7) is 2.82. The Labute approximate surface area is 103 Å². The number of oxazole rings is 1. The third-order valence-corrected chi connectivity index (χ3v) is 3.18. The van der Waals surface area contributed by atoms with Gasteiger partial charge in [0.1, 0.15) is 5.52 Å². The molecule has 18 heavy (non-hydrogen) atoms. The Morgan fingerprint density at radius 3 is 2.89 bits per heavy atom. The highest BCUT2D eigenvalue weighted by Crippen LogP contribution is 2.22. The highest BCUT2D eigenvalue weighted by Gasteiger charge is 2.16. The van der Waals surface area contributed by atoms with E-state index in [-0.39, 0.29) is 5.69 Å². The van der Waals surface area contributed by atoms with E-state index in [0.717, 1.165) is 13.1 Å². The molecule has 0 saturated carbocycles. The molecule has 1 aromatic carbocycles. The van der Waals surface area contributed by atoms with E-state index < -0.39 is 4.92 Å². The highest BCUT2D eigenvalue weighted by molar-refractivity contribution is 5.75. The van der Waals surface area contributed by atoms with Crippen LogP contribution in [0.2, 0.25) is 0 Å². The molecule has 3 rings (SSSR count). The molecule has 1 fully saturated rings. The molecule has 0 N–H and O–H groups in total. The van der Waals surface area contributed by atoms with Gasteiger partial charge in [-0.25, -0.2) is 4.98 Å². The van der Waals surface area contributed by atoms with Gasteiger partial charge in [-0.3, -0.25) is 15.0 Å². The van der Waals surface area contributed by atoms with Crippen molar-refractivity contribution in [1.29, 1.82) is 0 Å². The van der Waals surface area contributed by atoms with E-state index in [9.17, 15) is 10.1 Å². The predicted molar refractivity (Wildman–Crippen MR) is 65.2 cm³/mol. The molecule has 2 aromatic rings. The van der Waals surface area contributed by atoms with Gasteiger partial charge >= 0.3 is 0 Å². The van der Waals surface area contributed by atoms with Crippen molar-refractivity contribution in [2.45, 2.75) is 19.4 Å². The number of aromatic nitrogens is 1. The lowest BCUT2D eigenvalue weighted by atomic mass is 10.3. The standard InChI is InChI=1S/C12H13N3O3/c16-15(17)9-3-4-10-11(7-9)18-12(13-10)8-14-5-1-2-6-14/h3-4,7H,1-2,5-6,8H2. The maximum atomic E-state index is 10.7. The lowest BCUT2D eigenvalue weighted by molar-refractivity contribution is -0.384. The fourth-order valence-electron chi connectivity index (χ4n) is 2.27. The lowest BCUT2D eigenvalue weighted by Gasteiger charge is -2.10. The fourth-order valence-corrected chi connectivity index (χ4v) is 2.27. The first kappa shape index (κ1) is 11.2. The molecule has 94 valence electrons. The van der Waals surface area contributed by atoms with E-state index in [1.165, 1.54) is 25.0 Å². The summed E-state index contributed by atoms with van der Waals surface area (Å²) < 4.78 is 5.56. The minimum absolute atomic E-state index is 0.0337. The zero-order valence-corrected chi connectivity index (χ0v) is 9.83. The topological polar surface area (TPSA) is 72.4 Å². The van der Waals surface area contributed by atoms with Crippen LogP contribution < -0.4 is 0 Å². The summed E-state index contributed by atoms with van der Waals surface area (Å²) in [7, 11) is 0. The van der Waals surface area contributed by atoms with E-state index in [1.807, 2.05) is 0 Å². The van der Waals surface area contributed by atoms with E-state index in [2.05, 4.69) is 9.88 Å². The van der Waals surface area contributed by atoms with Crippen LogP contribution in [0.3, 0.4) is 0 Å². The number of fused-ring (bicyclic) bond motifs is 1. The zero-order valence-electron chi connectivity index (χ0n) is 9.83. The minimum Gasteiger partial charge on any atom is -0.439 e. The molecule has 0 amide bonds. The largest absolute Gasteiger partial charge is 0.439 e. The van der Waals surface area contributed by atoms with Crippen molar-refractivity contribution in [3.8, 4) is 0 Å². The summed E-state index contributed by atoms with van der Waals surface area (Å²) in [6.07, 6.45) is 2.43. The molecule has 0 bridgehead atoms. The summed E-state index contributed by atoms with van der Waals surface area (Å²) >= 11 is 0. The van der Waals surface area contributed by atoms with Gasteiger partial charge in [0.2, 0.25) is 5.89 Å². The van der Waals surface area contributed by atoms with Gasteiger partial charge in [0.15, 0.2) is 5.58 Å². The van der Waals surface area contributed by atoms with Crippen LogP contribution in [0.5, 0.6) is 0 Å². The molecular weight excluding hydrogens is 234 g/mol. The lowest BCUT2D eigenvalue weighted by Crippen LogP contribution is -2.18. The molecule has 1 aliphatic heterocycles. The number of benzene rings is 1. The molecular formula is C12H13N3O3. The van der Waals surface area contributed by atoms with Crippen LogP contribution in [-0.2, 0) is 6.54 Å². The summed E-state index contributed by atoms with van der Waals surface area (Å²) in [5, 5.41) is 10.7. The van der Waals surface area contributed by atoms with Crippen molar-refractivity contribution in [1.82, 2.24) is 9.88 Å². The van der Waals surface area contributed by atoms with Gasteiger partial charge in [-0.2, -0.15) is 0 Å². The van der Waals surface area contributed by atoms with Crippen LogP contribution in [0.15, 0.2) is 22.6 Å². The van der Waals surface area contributed by atoms with Crippen LogP contribution in [0.1, 0.15) is 18.7 Å². The average molecular weight is 247 g/mol. The molecule has 0 atom stereocenters. The second kappa shape index (κ2) is 4.38. The molecule has 1 aromatic heterocycles. The van der Waals surface area contributed by atoms with Crippen LogP contribution in [0.25, 0.3) is 11.1 Å².